The topological polar surface area (TPSA) is 79.4 Å². The molecule has 1 aromatic heterocycles. The lowest BCUT2D eigenvalue weighted by Gasteiger charge is -2.16. The second-order valence-corrected chi connectivity index (χ2v) is 8.88. The third-order valence-electron chi connectivity index (χ3n) is 3.32. The second kappa shape index (κ2) is 8.75. The number of pyridine rings is 1. The van der Waals surface area contributed by atoms with Crippen molar-refractivity contribution < 1.29 is 13.2 Å². The molecule has 9 heteroatoms. The van der Waals surface area contributed by atoms with Crippen molar-refractivity contribution in [3.63, 3.8) is 0 Å². The number of likely N-dealkylation sites (N-methyl/N-ethyl adjacent to an activating group) is 1. The van der Waals surface area contributed by atoms with Crippen LogP contribution < -0.4 is 5.32 Å². The third-order valence-corrected chi connectivity index (χ3v) is 5.75. The molecule has 0 aliphatic carbocycles. The standard InChI is InChI=1S/C16H17BrClN3O3S/c1-21(11-16(22)20-15-7-2-12(17)10-19-15)8-9-25(23,24)14-5-3-13(18)4-6-14/h2-7,10H,8-9,11H2,1H3,(H,19,20,22). The lowest BCUT2D eigenvalue weighted by Crippen LogP contribution is -2.33. The van der Waals surface area contributed by atoms with Crippen LogP contribution in [0.1, 0.15) is 0 Å². The first-order valence-corrected chi connectivity index (χ1v) is 10.2. The highest BCUT2D eigenvalue weighted by molar-refractivity contribution is 9.10. The van der Waals surface area contributed by atoms with Gasteiger partial charge in [0.2, 0.25) is 5.91 Å². The molecule has 0 fully saturated rings. The van der Waals surface area contributed by atoms with E-state index in [1.54, 1.807) is 30.3 Å². The summed E-state index contributed by atoms with van der Waals surface area (Å²) < 4.78 is 25.4. The summed E-state index contributed by atoms with van der Waals surface area (Å²) in [6, 6.07) is 9.47. The van der Waals surface area contributed by atoms with Gasteiger partial charge in [0.05, 0.1) is 17.2 Å². The molecule has 2 aromatic rings. The predicted octanol–water partition coefficient (Wildman–Crippen LogP) is 2.84. The van der Waals surface area contributed by atoms with Crippen LogP contribution in [0.4, 0.5) is 5.82 Å². The molecule has 1 heterocycles. The number of hydrogen-bond donors (Lipinski definition) is 1. The first-order valence-electron chi connectivity index (χ1n) is 7.34. The van der Waals surface area contributed by atoms with E-state index in [9.17, 15) is 13.2 Å². The molecule has 0 spiro atoms. The number of aromatic nitrogens is 1. The Morgan fingerprint density at radius 2 is 1.92 bits per heavy atom. The SMILES string of the molecule is CN(CCS(=O)(=O)c1ccc(Cl)cc1)CC(=O)Nc1ccc(Br)cn1. The Bertz CT molecular complexity index is 827. The van der Waals surface area contributed by atoms with Crippen LogP contribution in [0.25, 0.3) is 0 Å². The summed E-state index contributed by atoms with van der Waals surface area (Å²) in [5, 5.41) is 3.14. The summed E-state index contributed by atoms with van der Waals surface area (Å²) >= 11 is 9.03. The molecule has 6 nitrogen and oxygen atoms in total. The zero-order chi connectivity index (χ0) is 18.4. The van der Waals surface area contributed by atoms with Gasteiger partial charge in [-0.05, 0) is 59.4 Å². The van der Waals surface area contributed by atoms with Gasteiger partial charge in [-0.1, -0.05) is 11.6 Å². The van der Waals surface area contributed by atoms with E-state index >= 15 is 0 Å². The molecule has 0 saturated carbocycles. The quantitative estimate of drug-likeness (QED) is 0.707. The number of carbonyl (C=O) groups excluding carboxylic acids is 1. The fourth-order valence-corrected chi connectivity index (χ4v) is 3.69. The summed E-state index contributed by atoms with van der Waals surface area (Å²) in [4.78, 5) is 17.9. The number of nitrogens with zero attached hydrogens (tertiary/aromatic N) is 2. The predicted molar refractivity (Wildman–Crippen MR) is 102 cm³/mol. The van der Waals surface area contributed by atoms with Gasteiger partial charge in [0, 0.05) is 22.2 Å². The smallest absolute Gasteiger partial charge is 0.239 e. The number of sulfone groups is 1. The average molecular weight is 447 g/mol. The Morgan fingerprint density at radius 3 is 2.52 bits per heavy atom. The van der Waals surface area contributed by atoms with Gasteiger partial charge in [-0.25, -0.2) is 13.4 Å². The normalized spacial score (nSPS) is 11.5. The molecular weight excluding hydrogens is 430 g/mol. The van der Waals surface area contributed by atoms with Crippen molar-refractivity contribution in [2.45, 2.75) is 4.90 Å². The number of nitrogens with one attached hydrogen (secondary N) is 1. The van der Waals surface area contributed by atoms with Gasteiger partial charge in [-0.15, -0.1) is 0 Å². The lowest BCUT2D eigenvalue weighted by molar-refractivity contribution is -0.117. The molecule has 1 N–H and O–H groups in total. The minimum atomic E-state index is -3.42. The van der Waals surface area contributed by atoms with Crippen LogP contribution in [0.3, 0.4) is 0 Å². The second-order valence-electron chi connectivity index (χ2n) is 5.42. The van der Waals surface area contributed by atoms with Gasteiger partial charge < -0.3 is 5.32 Å². The zero-order valence-corrected chi connectivity index (χ0v) is 16.6. The molecule has 1 aromatic carbocycles. The van der Waals surface area contributed by atoms with Gasteiger partial charge in [0.1, 0.15) is 5.82 Å². The Labute approximate surface area is 160 Å². The molecule has 0 radical (unpaired) electrons. The van der Waals surface area contributed by atoms with E-state index in [2.05, 4.69) is 26.2 Å². The highest BCUT2D eigenvalue weighted by Crippen LogP contribution is 2.15. The minimum absolute atomic E-state index is 0.0634. The van der Waals surface area contributed by atoms with E-state index in [0.29, 0.717) is 10.8 Å². The number of benzene rings is 1. The summed E-state index contributed by atoms with van der Waals surface area (Å²) in [5.74, 6) is 0.0891. The van der Waals surface area contributed by atoms with Crippen molar-refractivity contribution in [1.29, 1.82) is 0 Å². The van der Waals surface area contributed by atoms with Gasteiger partial charge in [-0.3, -0.25) is 9.69 Å². The summed E-state index contributed by atoms with van der Waals surface area (Å²) in [5.41, 5.74) is 0. The van der Waals surface area contributed by atoms with Crippen molar-refractivity contribution in [3.8, 4) is 0 Å². The van der Waals surface area contributed by atoms with Crippen molar-refractivity contribution >= 4 is 49.1 Å². The van der Waals surface area contributed by atoms with Gasteiger partial charge in [-0.2, -0.15) is 0 Å². The van der Waals surface area contributed by atoms with E-state index in [1.165, 1.54) is 24.3 Å². The molecule has 0 saturated heterocycles. The molecule has 0 bridgehead atoms. The Hall–Kier alpha value is -1.48. The number of hydrogen-bond acceptors (Lipinski definition) is 5. The summed E-state index contributed by atoms with van der Waals surface area (Å²) in [7, 11) is -1.73. The highest BCUT2D eigenvalue weighted by atomic mass is 79.9. The zero-order valence-electron chi connectivity index (χ0n) is 13.4. The average Bonchev–Trinajstić information content (AvgIpc) is 2.55. The Kier molecular flexibility index (Phi) is 6.95. The molecule has 0 aliphatic heterocycles. The molecule has 0 aliphatic rings. The van der Waals surface area contributed by atoms with Crippen LogP contribution in [-0.4, -0.2) is 50.1 Å². The fraction of sp³-hybridized carbons (Fsp3) is 0.250. The van der Waals surface area contributed by atoms with Crippen LogP contribution >= 0.6 is 27.5 Å². The minimum Gasteiger partial charge on any atom is -0.310 e. The largest absolute Gasteiger partial charge is 0.310 e. The first-order chi connectivity index (χ1) is 11.8. The molecule has 1 amide bonds. The number of anilines is 1. The molecule has 0 unspecified atom stereocenters. The molecule has 134 valence electrons. The number of rotatable bonds is 7. The van der Waals surface area contributed by atoms with Crippen molar-refractivity contribution in [3.05, 3.63) is 52.1 Å². The fourth-order valence-electron chi connectivity index (χ4n) is 1.99. The van der Waals surface area contributed by atoms with Crippen LogP contribution in [0, 0.1) is 0 Å². The Morgan fingerprint density at radius 1 is 1.24 bits per heavy atom. The van der Waals surface area contributed by atoms with Crippen LogP contribution in [0.5, 0.6) is 0 Å². The number of amides is 1. The molecular formula is C16H17BrClN3O3S. The van der Waals surface area contributed by atoms with Crippen molar-refractivity contribution in [2.24, 2.45) is 0 Å². The molecule has 0 atom stereocenters. The highest BCUT2D eigenvalue weighted by Gasteiger charge is 2.16. The lowest BCUT2D eigenvalue weighted by atomic mass is 10.4. The number of carbonyl (C=O) groups is 1. The van der Waals surface area contributed by atoms with E-state index in [0.717, 1.165) is 4.47 Å². The van der Waals surface area contributed by atoms with Crippen LogP contribution in [-0.2, 0) is 14.6 Å². The maximum Gasteiger partial charge on any atom is 0.239 e. The van der Waals surface area contributed by atoms with E-state index in [1.807, 2.05) is 0 Å². The van der Waals surface area contributed by atoms with Gasteiger partial charge in [0.25, 0.3) is 0 Å². The van der Waals surface area contributed by atoms with E-state index < -0.39 is 9.84 Å². The molecule has 2 rings (SSSR count). The first kappa shape index (κ1) is 19.8. The van der Waals surface area contributed by atoms with Crippen LogP contribution in [0.15, 0.2) is 52.0 Å². The van der Waals surface area contributed by atoms with Crippen LogP contribution in [0.2, 0.25) is 5.02 Å². The molecule has 25 heavy (non-hydrogen) atoms. The van der Waals surface area contributed by atoms with E-state index in [4.69, 9.17) is 11.6 Å². The van der Waals surface area contributed by atoms with Crippen molar-refractivity contribution in [2.75, 3.05) is 31.2 Å². The van der Waals surface area contributed by atoms with Crippen molar-refractivity contribution in [1.82, 2.24) is 9.88 Å². The summed E-state index contributed by atoms with van der Waals surface area (Å²) in [6.45, 7) is 0.292. The third kappa shape index (κ3) is 6.39. The summed E-state index contributed by atoms with van der Waals surface area (Å²) in [6.07, 6.45) is 1.58. The van der Waals surface area contributed by atoms with Gasteiger partial charge >= 0.3 is 0 Å². The maximum atomic E-state index is 12.3. The number of halogens is 2. The maximum absolute atomic E-state index is 12.3. The van der Waals surface area contributed by atoms with Gasteiger partial charge in [0.15, 0.2) is 9.84 Å². The Balaban J connectivity index is 1.85. The monoisotopic (exact) mass is 445 g/mol. The van der Waals surface area contributed by atoms with E-state index in [-0.39, 0.29) is 29.6 Å².